The molecule has 0 spiro atoms. The van der Waals surface area contributed by atoms with E-state index in [9.17, 15) is 9.59 Å². The second kappa shape index (κ2) is 9.62. The number of hydrogen-bond donors (Lipinski definition) is 2. The van der Waals surface area contributed by atoms with Gasteiger partial charge in [0.05, 0.1) is 31.7 Å². The van der Waals surface area contributed by atoms with Gasteiger partial charge in [-0.15, -0.1) is 0 Å². The lowest BCUT2D eigenvalue weighted by Crippen LogP contribution is -2.16. The van der Waals surface area contributed by atoms with Gasteiger partial charge in [-0.2, -0.15) is 0 Å². The largest absolute Gasteiger partial charge is 0.466 e. The third kappa shape index (κ3) is 5.63. The molecule has 0 saturated heterocycles. The van der Waals surface area contributed by atoms with E-state index >= 15 is 0 Å². The van der Waals surface area contributed by atoms with E-state index in [1.54, 1.807) is 6.07 Å². The van der Waals surface area contributed by atoms with Gasteiger partial charge in [0.2, 0.25) is 0 Å². The van der Waals surface area contributed by atoms with Crippen molar-refractivity contribution in [3.63, 3.8) is 0 Å². The van der Waals surface area contributed by atoms with Gasteiger partial charge in [0.25, 0.3) is 0 Å². The quantitative estimate of drug-likeness (QED) is 0.527. The first-order chi connectivity index (χ1) is 12.5. The van der Waals surface area contributed by atoms with E-state index in [2.05, 4.69) is 31.3 Å². The van der Waals surface area contributed by atoms with Crippen LogP contribution in [0.25, 0.3) is 0 Å². The Morgan fingerprint density at radius 1 is 1.04 bits per heavy atom. The van der Waals surface area contributed by atoms with E-state index in [4.69, 9.17) is 4.74 Å². The molecule has 0 heterocycles. The molecular weight excluding hydrogens is 400 g/mol. The number of nitrogens with one attached hydrogen (secondary N) is 2. The van der Waals surface area contributed by atoms with E-state index in [-0.39, 0.29) is 5.70 Å². The number of carbonyl (C=O) groups is 2. The molecule has 7 heteroatoms. The maximum atomic E-state index is 12.0. The SMILES string of the molecule is COC(=O)/C=C(/Nc1cc(Br)ccc1NCc1ccccc1)C(=O)OC. The number of anilines is 2. The molecule has 0 atom stereocenters. The molecule has 136 valence electrons. The number of methoxy groups -OCH3 is 2. The van der Waals surface area contributed by atoms with Crippen molar-refractivity contribution in [3.05, 3.63) is 70.3 Å². The van der Waals surface area contributed by atoms with E-state index in [1.165, 1.54) is 14.2 Å². The highest BCUT2D eigenvalue weighted by molar-refractivity contribution is 9.10. The minimum absolute atomic E-state index is 0.0276. The van der Waals surface area contributed by atoms with Gasteiger partial charge >= 0.3 is 11.9 Å². The van der Waals surface area contributed by atoms with Crippen LogP contribution in [0.1, 0.15) is 5.56 Å². The van der Waals surface area contributed by atoms with Crippen LogP contribution in [-0.2, 0) is 25.6 Å². The number of ether oxygens (including phenoxy) is 2. The van der Waals surface area contributed by atoms with Crippen molar-refractivity contribution in [2.45, 2.75) is 6.54 Å². The van der Waals surface area contributed by atoms with Gasteiger partial charge in [-0.25, -0.2) is 9.59 Å². The van der Waals surface area contributed by atoms with Crippen molar-refractivity contribution in [1.29, 1.82) is 0 Å². The lowest BCUT2D eigenvalue weighted by atomic mass is 10.2. The van der Waals surface area contributed by atoms with Gasteiger partial charge in [-0.1, -0.05) is 46.3 Å². The first-order valence-corrected chi connectivity index (χ1v) is 8.55. The fourth-order valence-corrected chi connectivity index (χ4v) is 2.51. The van der Waals surface area contributed by atoms with Crippen LogP contribution in [0, 0.1) is 0 Å². The highest BCUT2D eigenvalue weighted by Gasteiger charge is 2.15. The highest BCUT2D eigenvalue weighted by Crippen LogP contribution is 2.28. The van der Waals surface area contributed by atoms with Gasteiger partial charge in [-0.3, -0.25) is 0 Å². The zero-order valence-corrected chi connectivity index (χ0v) is 16.0. The fourth-order valence-electron chi connectivity index (χ4n) is 2.15. The van der Waals surface area contributed by atoms with Gasteiger partial charge in [-0.05, 0) is 23.8 Å². The Morgan fingerprint density at radius 2 is 1.77 bits per heavy atom. The number of halogens is 1. The molecule has 2 N–H and O–H groups in total. The van der Waals surface area contributed by atoms with Crippen LogP contribution < -0.4 is 10.6 Å². The summed E-state index contributed by atoms with van der Waals surface area (Å²) < 4.78 is 10.1. The van der Waals surface area contributed by atoms with Crippen LogP contribution in [0.4, 0.5) is 11.4 Å². The molecule has 0 amide bonds. The average molecular weight is 419 g/mol. The summed E-state index contributed by atoms with van der Waals surface area (Å²) in [6.45, 7) is 0.603. The molecule has 0 saturated carbocycles. The summed E-state index contributed by atoms with van der Waals surface area (Å²) in [5.41, 5.74) is 2.45. The smallest absolute Gasteiger partial charge is 0.354 e. The number of esters is 2. The molecular formula is C19H19BrN2O4. The second-order valence-electron chi connectivity index (χ2n) is 5.23. The predicted molar refractivity (Wildman–Crippen MR) is 104 cm³/mol. The van der Waals surface area contributed by atoms with Crippen molar-refractivity contribution in [1.82, 2.24) is 0 Å². The van der Waals surface area contributed by atoms with E-state index in [1.807, 2.05) is 42.5 Å². The third-order valence-electron chi connectivity index (χ3n) is 3.45. The maximum Gasteiger partial charge on any atom is 0.354 e. The summed E-state index contributed by atoms with van der Waals surface area (Å²) in [6, 6.07) is 15.4. The Kier molecular flexibility index (Phi) is 7.23. The molecule has 2 aromatic rings. The first kappa shape index (κ1) is 19.5. The Labute approximate surface area is 160 Å². The Morgan fingerprint density at radius 3 is 2.42 bits per heavy atom. The van der Waals surface area contributed by atoms with Gasteiger partial charge in [0, 0.05) is 11.0 Å². The molecule has 0 bridgehead atoms. The summed E-state index contributed by atoms with van der Waals surface area (Å²) in [7, 11) is 2.48. The summed E-state index contributed by atoms with van der Waals surface area (Å²) in [4.78, 5) is 23.5. The van der Waals surface area contributed by atoms with Gasteiger partial charge in [0.1, 0.15) is 5.70 Å². The number of hydrogen-bond acceptors (Lipinski definition) is 6. The minimum Gasteiger partial charge on any atom is -0.466 e. The number of carbonyl (C=O) groups excluding carboxylic acids is 2. The summed E-state index contributed by atoms with van der Waals surface area (Å²) in [6.07, 6.45) is 1.05. The normalized spacial score (nSPS) is 10.8. The van der Waals surface area contributed by atoms with E-state index in [0.717, 1.165) is 21.8 Å². The molecule has 2 aromatic carbocycles. The van der Waals surface area contributed by atoms with Crippen LogP contribution in [0.2, 0.25) is 0 Å². The second-order valence-corrected chi connectivity index (χ2v) is 6.14. The molecule has 0 aliphatic heterocycles. The Hall–Kier alpha value is -2.80. The van der Waals surface area contributed by atoms with Crippen molar-refractivity contribution in [3.8, 4) is 0 Å². The molecule has 0 unspecified atom stereocenters. The van der Waals surface area contributed by atoms with Crippen LogP contribution >= 0.6 is 15.9 Å². The van der Waals surface area contributed by atoms with E-state index in [0.29, 0.717) is 12.2 Å². The van der Waals surface area contributed by atoms with Crippen LogP contribution in [0.15, 0.2) is 64.8 Å². The van der Waals surface area contributed by atoms with Gasteiger partial charge in [0.15, 0.2) is 0 Å². The zero-order valence-electron chi connectivity index (χ0n) is 14.4. The third-order valence-corrected chi connectivity index (χ3v) is 3.94. The summed E-state index contributed by atoms with van der Waals surface area (Å²) in [5.74, 6) is -1.34. The lowest BCUT2D eigenvalue weighted by molar-refractivity contribution is -0.138. The Bertz CT molecular complexity index is 806. The van der Waals surface area contributed by atoms with Crippen LogP contribution in [-0.4, -0.2) is 26.2 Å². The van der Waals surface area contributed by atoms with Crippen molar-refractivity contribution in [2.24, 2.45) is 0 Å². The molecule has 0 radical (unpaired) electrons. The molecule has 26 heavy (non-hydrogen) atoms. The molecule has 0 fully saturated rings. The maximum absolute atomic E-state index is 12.0. The predicted octanol–water partition coefficient (Wildman–Crippen LogP) is 3.70. The lowest BCUT2D eigenvalue weighted by Gasteiger charge is -2.15. The van der Waals surface area contributed by atoms with Crippen LogP contribution in [0.3, 0.4) is 0 Å². The highest BCUT2D eigenvalue weighted by atomic mass is 79.9. The monoisotopic (exact) mass is 418 g/mol. The van der Waals surface area contributed by atoms with Crippen molar-refractivity contribution >= 4 is 39.2 Å². The molecule has 0 aromatic heterocycles. The van der Waals surface area contributed by atoms with Crippen molar-refractivity contribution < 1.29 is 19.1 Å². The molecule has 0 aliphatic carbocycles. The zero-order chi connectivity index (χ0) is 18.9. The Balaban J connectivity index is 2.26. The van der Waals surface area contributed by atoms with Crippen LogP contribution in [0.5, 0.6) is 0 Å². The topological polar surface area (TPSA) is 76.7 Å². The first-order valence-electron chi connectivity index (χ1n) is 7.76. The molecule has 6 nitrogen and oxygen atoms in total. The average Bonchev–Trinajstić information content (AvgIpc) is 2.66. The fraction of sp³-hybridized carbons (Fsp3) is 0.158. The summed E-state index contributed by atoms with van der Waals surface area (Å²) >= 11 is 3.41. The van der Waals surface area contributed by atoms with E-state index < -0.39 is 11.9 Å². The van der Waals surface area contributed by atoms with Crippen molar-refractivity contribution in [2.75, 3.05) is 24.9 Å². The summed E-state index contributed by atoms with van der Waals surface area (Å²) in [5, 5.41) is 6.24. The standard InChI is InChI=1S/C19H19BrN2O4/c1-25-18(23)11-17(19(24)26-2)22-16-10-14(20)8-9-15(16)21-12-13-6-4-3-5-7-13/h3-11,21-22H,12H2,1-2H3/b17-11+. The number of benzene rings is 2. The molecule has 2 rings (SSSR count). The minimum atomic E-state index is -0.676. The van der Waals surface area contributed by atoms with Gasteiger partial charge < -0.3 is 20.1 Å². The number of rotatable bonds is 7. The molecule has 0 aliphatic rings.